The summed E-state index contributed by atoms with van der Waals surface area (Å²) < 4.78 is 50.7. The van der Waals surface area contributed by atoms with Crippen LogP contribution in [0.15, 0.2) is 36.5 Å². The Morgan fingerprint density at radius 2 is 1.95 bits per heavy atom. The number of hydrogen-bond acceptors (Lipinski definition) is 10. The van der Waals surface area contributed by atoms with Crippen LogP contribution in [0.4, 0.5) is 24.9 Å². The molecule has 12 nitrogen and oxygen atoms in total. The van der Waals surface area contributed by atoms with Gasteiger partial charge < -0.3 is 36.0 Å². The lowest BCUT2D eigenvalue weighted by atomic mass is 9.71. The lowest BCUT2D eigenvalue weighted by Crippen LogP contribution is -2.46. The van der Waals surface area contributed by atoms with E-state index in [2.05, 4.69) is 20.4 Å². The SMILES string of the molecule is CCC1N[C@H](C(=O)O)CC12CCN(c1cc(O[C@H](c3ccc(C(O)CO)cc3-n3ccc(C)n3)C(F)(F)F)nc(N)n1)CC2. The number of aliphatic hydroxyl groups is 2. The van der Waals surface area contributed by atoms with Gasteiger partial charge in [-0.2, -0.15) is 28.2 Å². The largest absolute Gasteiger partial charge is 0.480 e. The number of aliphatic carboxylic acids is 1. The number of aliphatic hydroxyl groups excluding tert-OH is 2. The van der Waals surface area contributed by atoms with Gasteiger partial charge in [0.05, 0.1) is 18.0 Å². The Labute approximate surface area is 251 Å². The van der Waals surface area contributed by atoms with Crippen molar-refractivity contribution < 1.29 is 38.0 Å². The molecule has 2 fully saturated rings. The van der Waals surface area contributed by atoms with E-state index in [0.717, 1.165) is 6.42 Å². The fourth-order valence-electron chi connectivity index (χ4n) is 6.39. The van der Waals surface area contributed by atoms with Crippen molar-refractivity contribution in [3.8, 4) is 11.6 Å². The molecule has 0 saturated carbocycles. The molecule has 0 aliphatic carbocycles. The zero-order valence-corrected chi connectivity index (χ0v) is 24.3. The molecule has 5 rings (SSSR count). The Bertz CT molecular complexity index is 1490. The zero-order chi connectivity index (χ0) is 31.8. The number of ether oxygens (including phenoxy) is 1. The number of nitrogens with two attached hydrogens (primary N) is 1. The number of aromatic nitrogens is 4. The van der Waals surface area contributed by atoms with Crippen LogP contribution in [0.5, 0.6) is 5.88 Å². The third-order valence-corrected chi connectivity index (χ3v) is 8.65. The molecule has 2 unspecified atom stereocenters. The molecule has 238 valence electrons. The first-order valence-corrected chi connectivity index (χ1v) is 14.4. The average Bonchev–Trinajstić information content (AvgIpc) is 3.58. The van der Waals surface area contributed by atoms with Crippen molar-refractivity contribution in [2.75, 3.05) is 30.3 Å². The normalized spacial score (nSPS) is 21.4. The minimum Gasteiger partial charge on any atom is -0.480 e. The molecule has 3 aromatic rings. The predicted octanol–water partition coefficient (Wildman–Crippen LogP) is 3.07. The molecule has 1 aromatic carbocycles. The van der Waals surface area contributed by atoms with Crippen molar-refractivity contribution in [3.05, 3.63) is 53.3 Å². The molecule has 2 aliphatic heterocycles. The molecule has 2 aliphatic rings. The standard InChI is InChI=1S/C29H36F3N7O5/c1-3-22-28(14-19(34-22)26(42)43)7-10-38(11-8-28)23-13-24(36-27(33)35-23)44-25(29(30,31)32)18-5-4-17(21(41)15-40)12-20(18)39-9-6-16(2)37-39/h4-6,9,12-13,19,21-22,25,34,40-41H,3,7-8,10-11,14-15H2,1-2H3,(H,42,43)(H2,33,35,36)/t19-,21?,22?,25+/m0/s1. The summed E-state index contributed by atoms with van der Waals surface area (Å²) in [7, 11) is 0. The fourth-order valence-corrected chi connectivity index (χ4v) is 6.39. The van der Waals surface area contributed by atoms with Crippen LogP contribution in [0.25, 0.3) is 5.69 Å². The van der Waals surface area contributed by atoms with Gasteiger partial charge in [-0.3, -0.25) is 4.79 Å². The molecular weight excluding hydrogens is 583 g/mol. The number of rotatable bonds is 9. The molecule has 44 heavy (non-hydrogen) atoms. The Morgan fingerprint density at radius 1 is 1.23 bits per heavy atom. The highest BCUT2D eigenvalue weighted by molar-refractivity contribution is 5.74. The van der Waals surface area contributed by atoms with Crippen molar-refractivity contribution >= 4 is 17.7 Å². The fraction of sp³-hybridized carbons (Fsp3) is 0.517. The molecular formula is C29H36F3N7O5. The van der Waals surface area contributed by atoms with E-state index in [1.807, 2.05) is 11.8 Å². The molecule has 0 amide bonds. The van der Waals surface area contributed by atoms with E-state index in [9.17, 15) is 33.3 Å². The van der Waals surface area contributed by atoms with Gasteiger partial charge in [-0.25, -0.2) is 4.68 Å². The smallest absolute Gasteiger partial charge is 0.429 e. The van der Waals surface area contributed by atoms with Crippen LogP contribution in [0.3, 0.4) is 0 Å². The summed E-state index contributed by atoms with van der Waals surface area (Å²) in [5, 5.41) is 36.6. The van der Waals surface area contributed by atoms with Gasteiger partial charge in [0, 0.05) is 37.0 Å². The molecule has 1 spiro atoms. The molecule has 0 bridgehead atoms. The van der Waals surface area contributed by atoms with Crippen LogP contribution in [-0.4, -0.2) is 79.0 Å². The summed E-state index contributed by atoms with van der Waals surface area (Å²) in [5.41, 5.74) is 6.21. The highest BCUT2D eigenvalue weighted by atomic mass is 19.4. The summed E-state index contributed by atoms with van der Waals surface area (Å²) in [6.45, 7) is 4.08. The second-order valence-electron chi connectivity index (χ2n) is 11.5. The Balaban J connectivity index is 1.43. The Kier molecular flexibility index (Phi) is 8.73. The number of halogens is 3. The molecule has 15 heteroatoms. The molecule has 0 radical (unpaired) electrons. The maximum atomic E-state index is 14.6. The Hall–Kier alpha value is -3.95. The van der Waals surface area contributed by atoms with E-state index in [1.54, 1.807) is 13.0 Å². The number of carboxylic acids is 1. The minimum atomic E-state index is -4.89. The van der Waals surface area contributed by atoms with Crippen LogP contribution in [0, 0.1) is 12.3 Å². The highest BCUT2D eigenvalue weighted by Gasteiger charge is 2.50. The van der Waals surface area contributed by atoms with E-state index in [1.165, 1.54) is 35.1 Å². The first-order valence-electron chi connectivity index (χ1n) is 14.4. The van der Waals surface area contributed by atoms with Gasteiger partial charge in [0.25, 0.3) is 0 Å². The molecule has 2 aromatic heterocycles. The van der Waals surface area contributed by atoms with E-state index in [0.29, 0.717) is 43.9 Å². The maximum absolute atomic E-state index is 14.6. The Morgan fingerprint density at radius 3 is 2.55 bits per heavy atom. The van der Waals surface area contributed by atoms with Gasteiger partial charge in [0.15, 0.2) is 0 Å². The van der Waals surface area contributed by atoms with E-state index < -0.39 is 37.0 Å². The predicted molar refractivity (Wildman–Crippen MR) is 153 cm³/mol. The van der Waals surface area contributed by atoms with Crippen molar-refractivity contribution in [3.63, 3.8) is 0 Å². The van der Waals surface area contributed by atoms with Gasteiger partial charge in [0.2, 0.25) is 17.9 Å². The topological polar surface area (TPSA) is 172 Å². The number of piperidine rings is 1. The van der Waals surface area contributed by atoms with Crippen LogP contribution >= 0.6 is 0 Å². The lowest BCUT2D eigenvalue weighted by molar-refractivity contribution is -0.198. The quantitative estimate of drug-likeness (QED) is 0.238. The van der Waals surface area contributed by atoms with Crippen LogP contribution in [-0.2, 0) is 4.79 Å². The number of carbonyl (C=O) groups is 1. The van der Waals surface area contributed by atoms with Crippen molar-refractivity contribution in [2.45, 2.75) is 70.0 Å². The number of aryl methyl sites for hydroxylation is 1. The summed E-state index contributed by atoms with van der Waals surface area (Å²) in [6, 6.07) is 6.16. The average molecular weight is 620 g/mol. The first-order chi connectivity index (χ1) is 20.8. The van der Waals surface area contributed by atoms with Crippen molar-refractivity contribution in [2.24, 2.45) is 5.41 Å². The van der Waals surface area contributed by atoms with Gasteiger partial charge in [-0.1, -0.05) is 19.1 Å². The number of nitrogen functional groups attached to an aromatic ring is 1. The number of anilines is 2. The number of nitrogens with one attached hydrogen (secondary N) is 1. The van der Waals surface area contributed by atoms with E-state index in [4.69, 9.17) is 10.5 Å². The summed E-state index contributed by atoms with van der Waals surface area (Å²) in [6.07, 6.45) is -4.57. The van der Waals surface area contributed by atoms with E-state index >= 15 is 0 Å². The second kappa shape index (κ2) is 12.2. The molecule has 4 heterocycles. The molecule has 2 saturated heterocycles. The third kappa shape index (κ3) is 6.30. The number of alkyl halides is 3. The minimum absolute atomic E-state index is 0.00400. The number of nitrogens with zero attached hydrogens (tertiary/aromatic N) is 5. The van der Waals surface area contributed by atoms with E-state index in [-0.39, 0.29) is 40.1 Å². The highest BCUT2D eigenvalue weighted by Crippen LogP contribution is 2.46. The van der Waals surface area contributed by atoms with Crippen molar-refractivity contribution in [1.82, 2.24) is 25.1 Å². The number of carboxylic acid groups (broad SMARTS) is 1. The van der Waals surface area contributed by atoms with Crippen LogP contribution in [0.2, 0.25) is 0 Å². The van der Waals surface area contributed by atoms with Gasteiger partial charge in [0.1, 0.15) is 18.0 Å². The summed E-state index contributed by atoms with van der Waals surface area (Å²) >= 11 is 0. The third-order valence-electron chi connectivity index (χ3n) is 8.65. The zero-order valence-electron chi connectivity index (χ0n) is 24.3. The maximum Gasteiger partial charge on any atom is 0.429 e. The number of benzene rings is 1. The molecule has 6 N–H and O–H groups in total. The summed E-state index contributed by atoms with van der Waals surface area (Å²) in [5.74, 6) is -1.21. The summed E-state index contributed by atoms with van der Waals surface area (Å²) in [4.78, 5) is 21.7. The molecule has 4 atom stereocenters. The van der Waals surface area contributed by atoms with Gasteiger partial charge in [-0.15, -0.1) is 0 Å². The van der Waals surface area contributed by atoms with Crippen LogP contribution < -0.4 is 20.7 Å². The first kappa shape index (κ1) is 31.5. The second-order valence-corrected chi connectivity index (χ2v) is 11.5. The lowest BCUT2D eigenvalue weighted by Gasteiger charge is -2.43. The monoisotopic (exact) mass is 619 g/mol. The number of hydrogen-bond donors (Lipinski definition) is 5. The van der Waals surface area contributed by atoms with Gasteiger partial charge in [-0.05, 0) is 55.7 Å². The van der Waals surface area contributed by atoms with Gasteiger partial charge >= 0.3 is 12.1 Å². The van der Waals surface area contributed by atoms with Crippen molar-refractivity contribution in [1.29, 1.82) is 0 Å². The van der Waals surface area contributed by atoms with Crippen LogP contribution in [0.1, 0.15) is 61.6 Å².